The molecule has 0 saturated heterocycles. The summed E-state index contributed by atoms with van der Waals surface area (Å²) in [5.74, 6) is 2.42. The summed E-state index contributed by atoms with van der Waals surface area (Å²) in [4.78, 5) is 9.03. The van der Waals surface area contributed by atoms with Crippen molar-refractivity contribution in [3.63, 3.8) is 0 Å². The Kier molecular flexibility index (Phi) is 3.73. The molecule has 2 aromatic rings. The highest BCUT2D eigenvalue weighted by Crippen LogP contribution is 2.39. The van der Waals surface area contributed by atoms with Gasteiger partial charge in [-0.25, -0.2) is 14.4 Å². The van der Waals surface area contributed by atoms with E-state index in [1.165, 1.54) is 6.07 Å². The van der Waals surface area contributed by atoms with Crippen molar-refractivity contribution in [2.24, 2.45) is 0 Å². The second-order valence-corrected chi connectivity index (χ2v) is 5.41. The molecule has 1 aromatic carbocycles. The van der Waals surface area contributed by atoms with E-state index in [1.54, 1.807) is 12.1 Å². The van der Waals surface area contributed by atoms with Crippen molar-refractivity contribution in [3.8, 4) is 0 Å². The minimum atomic E-state index is -0.280. The van der Waals surface area contributed by atoms with Crippen molar-refractivity contribution >= 4 is 17.3 Å². The molecule has 3 rings (SSSR count). The molecule has 2 N–H and O–H groups in total. The van der Waals surface area contributed by atoms with E-state index in [1.807, 2.05) is 19.9 Å². The maximum Gasteiger partial charge on any atom is 0.146 e. The van der Waals surface area contributed by atoms with E-state index in [2.05, 4.69) is 20.6 Å². The summed E-state index contributed by atoms with van der Waals surface area (Å²) in [5.41, 5.74) is 1.44. The summed E-state index contributed by atoms with van der Waals surface area (Å²) < 4.78 is 13.9. The van der Waals surface area contributed by atoms with Crippen molar-refractivity contribution in [1.29, 1.82) is 0 Å². The fourth-order valence-corrected chi connectivity index (χ4v) is 2.20. The summed E-state index contributed by atoms with van der Waals surface area (Å²) >= 11 is 0. The van der Waals surface area contributed by atoms with Crippen LogP contribution in [0.25, 0.3) is 0 Å². The number of aryl methyl sites for hydroxylation is 1. The normalized spacial score (nSPS) is 14.0. The van der Waals surface area contributed by atoms with Crippen molar-refractivity contribution in [1.82, 2.24) is 9.97 Å². The van der Waals surface area contributed by atoms with Gasteiger partial charge in [0.05, 0.1) is 5.69 Å². The van der Waals surface area contributed by atoms with Gasteiger partial charge in [-0.05, 0) is 44.4 Å². The molecule has 5 heteroatoms. The van der Waals surface area contributed by atoms with Crippen LogP contribution in [0, 0.1) is 12.7 Å². The molecule has 1 aliphatic carbocycles. The third-order valence-electron chi connectivity index (χ3n) is 3.43. The van der Waals surface area contributed by atoms with Gasteiger partial charge < -0.3 is 10.6 Å². The van der Waals surface area contributed by atoms with E-state index >= 15 is 0 Å². The molecule has 0 radical (unpaired) electrons. The van der Waals surface area contributed by atoms with Gasteiger partial charge in [0, 0.05) is 18.5 Å². The molecular weight excluding hydrogens is 267 g/mol. The largest absolute Gasteiger partial charge is 0.370 e. The topological polar surface area (TPSA) is 49.8 Å². The zero-order chi connectivity index (χ0) is 14.8. The standard InChI is InChI=1S/C16H19FN4/c1-3-18-14-9-15(21-16(20-14)11-5-6-11)19-13-8-10(2)4-7-12(13)17/h4,7-9,11H,3,5-6H2,1-2H3,(H2,18,19,20,21). The van der Waals surface area contributed by atoms with Crippen molar-refractivity contribution < 1.29 is 4.39 Å². The van der Waals surface area contributed by atoms with Gasteiger partial charge >= 0.3 is 0 Å². The van der Waals surface area contributed by atoms with Gasteiger partial charge in [0.1, 0.15) is 23.3 Å². The predicted octanol–water partition coefficient (Wildman–Crippen LogP) is 3.98. The van der Waals surface area contributed by atoms with Crippen LogP contribution in [0.3, 0.4) is 0 Å². The van der Waals surface area contributed by atoms with Crippen molar-refractivity contribution in [3.05, 3.63) is 41.5 Å². The number of aromatic nitrogens is 2. The fraction of sp³-hybridized carbons (Fsp3) is 0.375. The number of rotatable bonds is 5. The highest BCUT2D eigenvalue weighted by Gasteiger charge is 2.27. The molecule has 110 valence electrons. The lowest BCUT2D eigenvalue weighted by atomic mass is 10.2. The number of halogens is 1. The van der Waals surface area contributed by atoms with Gasteiger partial charge in [0.25, 0.3) is 0 Å². The Morgan fingerprint density at radius 2 is 1.95 bits per heavy atom. The summed E-state index contributed by atoms with van der Waals surface area (Å²) in [6, 6.07) is 6.81. The molecule has 0 atom stereocenters. The maximum absolute atomic E-state index is 13.9. The fourth-order valence-electron chi connectivity index (χ4n) is 2.20. The Morgan fingerprint density at radius 1 is 1.19 bits per heavy atom. The molecule has 4 nitrogen and oxygen atoms in total. The first-order chi connectivity index (χ1) is 10.2. The minimum absolute atomic E-state index is 0.280. The average molecular weight is 286 g/mol. The van der Waals surface area contributed by atoms with Crippen LogP contribution < -0.4 is 10.6 Å². The highest BCUT2D eigenvalue weighted by atomic mass is 19.1. The number of hydrogen-bond donors (Lipinski definition) is 2. The molecule has 1 heterocycles. The lowest BCUT2D eigenvalue weighted by Gasteiger charge is -2.11. The molecule has 1 aromatic heterocycles. The minimum Gasteiger partial charge on any atom is -0.370 e. The second kappa shape index (κ2) is 5.68. The van der Waals surface area contributed by atoms with Gasteiger partial charge in [-0.3, -0.25) is 0 Å². The monoisotopic (exact) mass is 286 g/mol. The molecule has 0 spiro atoms. The summed E-state index contributed by atoms with van der Waals surface area (Å²) in [7, 11) is 0. The van der Waals surface area contributed by atoms with Gasteiger partial charge in [-0.2, -0.15) is 0 Å². The first-order valence-electron chi connectivity index (χ1n) is 7.31. The number of hydrogen-bond acceptors (Lipinski definition) is 4. The predicted molar refractivity (Wildman–Crippen MR) is 82.6 cm³/mol. The highest BCUT2D eigenvalue weighted by molar-refractivity contribution is 5.60. The van der Waals surface area contributed by atoms with Crippen LogP contribution in [0.4, 0.5) is 21.7 Å². The number of nitrogens with one attached hydrogen (secondary N) is 2. The van der Waals surface area contributed by atoms with Crippen molar-refractivity contribution in [2.45, 2.75) is 32.6 Å². The quantitative estimate of drug-likeness (QED) is 0.873. The first-order valence-corrected chi connectivity index (χ1v) is 7.31. The summed E-state index contributed by atoms with van der Waals surface area (Å²) in [6.07, 6.45) is 2.27. The van der Waals surface area contributed by atoms with Gasteiger partial charge in [0.15, 0.2) is 0 Å². The summed E-state index contributed by atoms with van der Waals surface area (Å²) in [6.45, 7) is 4.75. The number of anilines is 3. The van der Waals surface area contributed by atoms with Crippen LogP contribution in [0.15, 0.2) is 24.3 Å². The Morgan fingerprint density at radius 3 is 2.67 bits per heavy atom. The molecule has 1 fully saturated rings. The Labute approximate surface area is 123 Å². The third-order valence-corrected chi connectivity index (χ3v) is 3.43. The lowest BCUT2D eigenvalue weighted by molar-refractivity contribution is 0.631. The van der Waals surface area contributed by atoms with Gasteiger partial charge in [-0.1, -0.05) is 6.07 Å². The number of nitrogens with zero attached hydrogens (tertiary/aromatic N) is 2. The van der Waals surface area contributed by atoms with Crippen LogP contribution in [0.2, 0.25) is 0 Å². The zero-order valence-electron chi connectivity index (χ0n) is 12.3. The zero-order valence-corrected chi connectivity index (χ0v) is 12.3. The van der Waals surface area contributed by atoms with E-state index < -0.39 is 0 Å². The van der Waals surface area contributed by atoms with Crippen LogP contribution in [0.1, 0.15) is 37.1 Å². The molecule has 21 heavy (non-hydrogen) atoms. The molecule has 0 aliphatic heterocycles. The smallest absolute Gasteiger partial charge is 0.146 e. The lowest BCUT2D eigenvalue weighted by Crippen LogP contribution is -2.06. The third kappa shape index (κ3) is 3.29. The maximum atomic E-state index is 13.9. The van der Waals surface area contributed by atoms with Crippen LogP contribution >= 0.6 is 0 Å². The van der Waals surface area contributed by atoms with E-state index in [4.69, 9.17) is 0 Å². The molecule has 0 bridgehead atoms. The van der Waals surface area contributed by atoms with Gasteiger partial charge in [0.2, 0.25) is 0 Å². The van der Waals surface area contributed by atoms with E-state index in [9.17, 15) is 4.39 Å². The van der Waals surface area contributed by atoms with Crippen LogP contribution in [-0.2, 0) is 0 Å². The van der Waals surface area contributed by atoms with E-state index in [-0.39, 0.29) is 5.82 Å². The molecule has 0 amide bonds. The first kappa shape index (κ1) is 13.8. The van der Waals surface area contributed by atoms with E-state index in [0.717, 1.165) is 36.6 Å². The SMILES string of the molecule is CCNc1cc(Nc2cc(C)ccc2F)nc(C2CC2)n1. The Hall–Kier alpha value is -2.17. The Balaban J connectivity index is 1.91. The average Bonchev–Trinajstić information content (AvgIpc) is 3.28. The van der Waals surface area contributed by atoms with Crippen molar-refractivity contribution in [2.75, 3.05) is 17.2 Å². The number of benzene rings is 1. The van der Waals surface area contributed by atoms with E-state index in [0.29, 0.717) is 17.4 Å². The second-order valence-electron chi connectivity index (χ2n) is 5.41. The molecule has 0 unspecified atom stereocenters. The molecule has 1 aliphatic rings. The molecular formula is C16H19FN4. The van der Waals surface area contributed by atoms with Gasteiger partial charge in [-0.15, -0.1) is 0 Å². The Bertz CT molecular complexity index is 653. The summed E-state index contributed by atoms with van der Waals surface area (Å²) in [5, 5.41) is 6.27. The van der Waals surface area contributed by atoms with Crippen LogP contribution in [-0.4, -0.2) is 16.5 Å². The molecule has 1 saturated carbocycles. The van der Waals surface area contributed by atoms with Crippen LogP contribution in [0.5, 0.6) is 0 Å².